The van der Waals surface area contributed by atoms with Gasteiger partial charge in [0.2, 0.25) is 19.9 Å². The van der Waals surface area contributed by atoms with Crippen molar-refractivity contribution in [2.45, 2.75) is 43.5 Å². The Morgan fingerprint density at radius 2 is 1.86 bits per heavy atom. The van der Waals surface area contributed by atoms with Crippen molar-refractivity contribution in [3.63, 3.8) is 0 Å². The lowest BCUT2D eigenvalue weighted by Gasteiger charge is -2.25. The van der Waals surface area contributed by atoms with Crippen LogP contribution in [0.5, 0.6) is 5.75 Å². The molecule has 3 aromatic rings. The summed E-state index contributed by atoms with van der Waals surface area (Å²) in [4.78, 5) is 13.6. The van der Waals surface area contributed by atoms with Crippen LogP contribution in [0.4, 0.5) is 15.8 Å². The molecule has 1 aromatic heterocycles. The van der Waals surface area contributed by atoms with Gasteiger partial charge in [-0.3, -0.25) is 9.52 Å². The van der Waals surface area contributed by atoms with Gasteiger partial charge in [0.15, 0.2) is 0 Å². The van der Waals surface area contributed by atoms with E-state index >= 15 is 0 Å². The largest absolute Gasteiger partial charge is 0.506 e. The van der Waals surface area contributed by atoms with E-state index in [-0.39, 0.29) is 38.8 Å². The third kappa shape index (κ3) is 4.95. The predicted octanol–water partition coefficient (Wildman–Crippen LogP) is 4.00. The molecule has 37 heavy (non-hydrogen) atoms. The molecule has 1 saturated carbocycles. The summed E-state index contributed by atoms with van der Waals surface area (Å²) in [5.74, 6) is -0.895. The van der Waals surface area contributed by atoms with Gasteiger partial charge in [0.1, 0.15) is 17.1 Å². The van der Waals surface area contributed by atoms with Gasteiger partial charge in [0, 0.05) is 17.6 Å². The topological polar surface area (TPSA) is 135 Å². The quantitative estimate of drug-likeness (QED) is 0.440. The zero-order valence-electron chi connectivity index (χ0n) is 20.0. The maximum Gasteiger partial charge on any atom is 0.264 e. The average Bonchev–Trinajstić information content (AvgIpc) is 2.82. The molecule has 0 atom stereocenters. The molecule has 12 heteroatoms. The molecule has 1 aliphatic carbocycles. The van der Waals surface area contributed by atoms with E-state index in [1.165, 1.54) is 34.9 Å². The first-order valence-electron chi connectivity index (χ1n) is 11.8. The first-order chi connectivity index (χ1) is 17.4. The lowest BCUT2D eigenvalue weighted by molar-refractivity contribution is 0.319. The van der Waals surface area contributed by atoms with E-state index in [1.54, 1.807) is 0 Å². The number of nitrogens with one attached hydrogen (secondary N) is 2. The van der Waals surface area contributed by atoms with Crippen LogP contribution >= 0.6 is 0 Å². The third-order valence-corrected chi connectivity index (χ3v) is 8.87. The number of halogens is 1. The molecule has 0 spiro atoms. The summed E-state index contributed by atoms with van der Waals surface area (Å²) in [6.45, 7) is 0.366. The maximum atomic E-state index is 14.2. The fraction of sp³-hybridized carbons (Fsp3) is 0.320. The van der Waals surface area contributed by atoms with Gasteiger partial charge in [-0.25, -0.2) is 21.2 Å². The Morgan fingerprint density at radius 3 is 2.57 bits per heavy atom. The Balaban J connectivity index is 1.66. The van der Waals surface area contributed by atoms with Crippen molar-refractivity contribution in [1.29, 1.82) is 0 Å². The van der Waals surface area contributed by atoms with Gasteiger partial charge in [-0.1, -0.05) is 19.3 Å². The number of hydrogen-bond acceptors (Lipinski definition) is 7. The number of anilines is 2. The third-order valence-electron chi connectivity index (χ3n) is 6.77. The van der Waals surface area contributed by atoms with Gasteiger partial charge >= 0.3 is 0 Å². The summed E-state index contributed by atoms with van der Waals surface area (Å²) in [5.41, 5.74) is -0.482. The van der Waals surface area contributed by atoms with Crippen LogP contribution in [0.3, 0.4) is 0 Å². The summed E-state index contributed by atoms with van der Waals surface area (Å²) in [6, 6.07) is 7.71. The lowest BCUT2D eigenvalue weighted by atomic mass is 9.89. The van der Waals surface area contributed by atoms with Crippen molar-refractivity contribution in [2.24, 2.45) is 5.92 Å². The molecule has 9 nitrogen and oxygen atoms in total. The van der Waals surface area contributed by atoms with Gasteiger partial charge in [-0.05, 0) is 55.2 Å². The van der Waals surface area contributed by atoms with Crippen LogP contribution in [-0.2, 0) is 26.4 Å². The normalized spacial score (nSPS) is 17.6. The van der Waals surface area contributed by atoms with Crippen LogP contribution < -0.4 is 15.6 Å². The molecule has 2 aliphatic rings. The average molecular weight is 548 g/mol. The number of rotatable bonds is 5. The number of benzene rings is 2. The molecule has 0 amide bonds. The van der Waals surface area contributed by atoms with Gasteiger partial charge in [-0.15, -0.1) is 0 Å². The Hall–Kier alpha value is -3.38. The molecular weight excluding hydrogens is 521 g/mol. The minimum Gasteiger partial charge on any atom is -0.506 e. The SMILES string of the molecule is CS(=O)(=O)Nc1ccc2c(c1)S(=O)(=O)C=C(c1c(O)c3cc(F)ccc3n(CC3CCCCC3)c1=O)N2. The maximum absolute atomic E-state index is 14.2. The van der Waals surface area contributed by atoms with Gasteiger partial charge in [-0.2, -0.15) is 0 Å². The second-order valence-electron chi connectivity index (χ2n) is 9.59. The summed E-state index contributed by atoms with van der Waals surface area (Å²) < 4.78 is 67.4. The van der Waals surface area contributed by atoms with Gasteiger partial charge in [0.25, 0.3) is 5.56 Å². The van der Waals surface area contributed by atoms with E-state index in [2.05, 4.69) is 10.0 Å². The Kier molecular flexibility index (Phi) is 6.27. The minimum atomic E-state index is -4.15. The molecule has 2 heterocycles. The molecule has 0 saturated heterocycles. The molecule has 0 radical (unpaired) electrons. The number of sulfonamides is 1. The second-order valence-corrected chi connectivity index (χ2v) is 13.1. The summed E-state index contributed by atoms with van der Waals surface area (Å²) in [5, 5.41) is 14.9. The summed E-state index contributed by atoms with van der Waals surface area (Å²) in [6.07, 6.45) is 6.06. The van der Waals surface area contributed by atoms with Crippen molar-refractivity contribution in [1.82, 2.24) is 4.57 Å². The second kappa shape index (κ2) is 9.18. The highest BCUT2D eigenvalue weighted by Crippen LogP contribution is 2.39. The van der Waals surface area contributed by atoms with E-state index in [1.807, 2.05) is 0 Å². The van der Waals surface area contributed by atoms with Crippen LogP contribution in [0, 0.1) is 11.7 Å². The van der Waals surface area contributed by atoms with Crippen molar-refractivity contribution in [2.75, 3.05) is 16.3 Å². The number of aromatic hydroxyl groups is 1. The van der Waals surface area contributed by atoms with E-state index in [9.17, 15) is 31.1 Å². The zero-order chi connectivity index (χ0) is 26.5. The van der Waals surface area contributed by atoms with Gasteiger partial charge < -0.3 is 15.0 Å². The number of sulfone groups is 1. The highest BCUT2D eigenvalue weighted by molar-refractivity contribution is 7.94. The predicted molar refractivity (Wildman–Crippen MR) is 140 cm³/mol. The number of aromatic nitrogens is 1. The first-order valence-corrected chi connectivity index (χ1v) is 15.3. The Morgan fingerprint density at radius 1 is 1.14 bits per heavy atom. The molecule has 0 unspecified atom stereocenters. The molecule has 1 fully saturated rings. The van der Waals surface area contributed by atoms with E-state index < -0.39 is 37.0 Å². The summed E-state index contributed by atoms with van der Waals surface area (Å²) in [7, 11) is -7.78. The Bertz CT molecular complexity index is 1720. The molecule has 5 rings (SSSR count). The number of nitrogens with zero attached hydrogens (tertiary/aromatic N) is 1. The van der Waals surface area contributed by atoms with Crippen molar-refractivity contribution in [3.8, 4) is 5.75 Å². The number of pyridine rings is 1. The smallest absolute Gasteiger partial charge is 0.264 e. The fourth-order valence-electron chi connectivity index (χ4n) is 5.12. The molecular formula is C25H26FN3O6S2. The van der Waals surface area contributed by atoms with Crippen LogP contribution in [0.1, 0.15) is 37.7 Å². The minimum absolute atomic E-state index is 0.0577. The van der Waals surface area contributed by atoms with E-state index in [4.69, 9.17) is 0 Å². The molecule has 3 N–H and O–H groups in total. The van der Waals surface area contributed by atoms with Crippen molar-refractivity contribution in [3.05, 3.63) is 63.5 Å². The highest BCUT2D eigenvalue weighted by atomic mass is 32.2. The fourth-order valence-corrected chi connectivity index (χ4v) is 7.00. The summed E-state index contributed by atoms with van der Waals surface area (Å²) >= 11 is 0. The van der Waals surface area contributed by atoms with Crippen molar-refractivity contribution < 1.29 is 26.3 Å². The molecule has 2 aromatic carbocycles. The van der Waals surface area contributed by atoms with E-state index in [0.29, 0.717) is 12.1 Å². The number of hydrogen-bond donors (Lipinski definition) is 3. The highest BCUT2D eigenvalue weighted by Gasteiger charge is 2.29. The molecule has 196 valence electrons. The van der Waals surface area contributed by atoms with Crippen LogP contribution in [-0.4, -0.2) is 32.8 Å². The van der Waals surface area contributed by atoms with Crippen LogP contribution in [0.15, 0.2) is 51.5 Å². The monoisotopic (exact) mass is 547 g/mol. The molecule has 1 aliphatic heterocycles. The van der Waals surface area contributed by atoms with Crippen LogP contribution in [0.2, 0.25) is 0 Å². The van der Waals surface area contributed by atoms with E-state index in [0.717, 1.165) is 49.8 Å². The number of fused-ring (bicyclic) bond motifs is 2. The lowest BCUT2D eigenvalue weighted by Crippen LogP contribution is -2.29. The molecule has 0 bridgehead atoms. The standard InChI is InChI=1S/C25H26FN3O6S2/c1-36(32,33)28-17-8-9-19-22(12-17)37(34,35)14-20(27-19)23-24(30)18-11-16(26)7-10-21(18)29(25(23)31)13-15-5-3-2-4-6-15/h7-12,14-15,27-28,30H,2-6,13H2,1H3. The van der Waals surface area contributed by atoms with Gasteiger partial charge in [0.05, 0.1) is 33.5 Å². The van der Waals surface area contributed by atoms with Crippen LogP contribution in [0.25, 0.3) is 16.6 Å². The Labute approximate surface area is 213 Å². The first kappa shape index (κ1) is 25.3. The zero-order valence-corrected chi connectivity index (χ0v) is 21.6. The van der Waals surface area contributed by atoms with Crippen molar-refractivity contribution >= 4 is 47.8 Å².